The maximum absolute atomic E-state index is 12.8. The molecule has 2 amide bonds. The largest absolute Gasteiger partial charge is 0.480 e. The summed E-state index contributed by atoms with van der Waals surface area (Å²) in [6, 6.07) is 6.84. The number of carbonyl (C=O) groups is 3. The number of halogens is 1. The van der Waals surface area contributed by atoms with Gasteiger partial charge in [-0.2, -0.15) is 0 Å². The molecule has 178 valence electrons. The minimum Gasteiger partial charge on any atom is -0.480 e. The Labute approximate surface area is 193 Å². The topological polar surface area (TPSA) is 177 Å². The van der Waals surface area contributed by atoms with Crippen LogP contribution in [0.25, 0.3) is 0 Å². The van der Waals surface area contributed by atoms with E-state index in [1.165, 1.54) is 11.3 Å². The van der Waals surface area contributed by atoms with E-state index in [2.05, 4.69) is 21.9 Å². The fourth-order valence-electron chi connectivity index (χ4n) is 3.50. The van der Waals surface area contributed by atoms with Crippen molar-refractivity contribution in [1.29, 1.82) is 0 Å². The molecule has 0 radical (unpaired) electrons. The monoisotopic (exact) mass is 468 g/mol. The molecule has 0 spiro atoms. The first-order valence-corrected chi connectivity index (χ1v) is 11.1. The smallest absolute Gasteiger partial charge is 0.326 e. The zero-order valence-corrected chi connectivity index (χ0v) is 19.0. The van der Waals surface area contributed by atoms with E-state index in [-0.39, 0.29) is 24.8 Å². The van der Waals surface area contributed by atoms with Crippen LogP contribution in [0.1, 0.15) is 31.2 Å². The number of aliphatic carboxylic acids is 1. The van der Waals surface area contributed by atoms with Crippen molar-refractivity contribution < 1.29 is 19.5 Å². The van der Waals surface area contributed by atoms with Gasteiger partial charge >= 0.3 is 5.97 Å². The standard InChI is InChI=1S/C20H30N6O4.CH3Cl/c21-14(12-13-6-2-1-3-7-13)18(28)26-11-5-9-16(26)17(27)25-15(19(29)30)8-4-10-24-20(22)23;1-2/h1-3,6-7,14-16H,4-5,8-12,21H2,(H,25,27)(H,29,30)(H4,22,23,24);1H3. The van der Waals surface area contributed by atoms with E-state index in [4.69, 9.17) is 17.2 Å². The predicted molar refractivity (Wildman–Crippen MR) is 124 cm³/mol. The van der Waals surface area contributed by atoms with Gasteiger partial charge in [0.2, 0.25) is 11.8 Å². The van der Waals surface area contributed by atoms with E-state index in [0.29, 0.717) is 32.2 Å². The van der Waals surface area contributed by atoms with Gasteiger partial charge in [-0.05, 0) is 37.7 Å². The maximum Gasteiger partial charge on any atom is 0.326 e. The number of nitrogens with two attached hydrogens (primary N) is 3. The number of nitrogens with one attached hydrogen (secondary N) is 1. The van der Waals surface area contributed by atoms with Crippen LogP contribution >= 0.6 is 11.6 Å². The summed E-state index contributed by atoms with van der Waals surface area (Å²) in [5.74, 6) is -2.01. The van der Waals surface area contributed by atoms with E-state index >= 15 is 0 Å². The second-order valence-corrected chi connectivity index (χ2v) is 7.33. The SMILES string of the molecule is CCl.NC(N)=NCCCC(NC(=O)C1CCCN1C(=O)C(N)Cc1ccccc1)C(=O)O. The normalized spacial score (nSPS) is 16.8. The van der Waals surface area contributed by atoms with Crippen molar-refractivity contribution in [1.82, 2.24) is 10.2 Å². The number of alkyl halides is 1. The summed E-state index contributed by atoms with van der Waals surface area (Å²) in [5, 5.41) is 11.9. The number of guanidine groups is 1. The van der Waals surface area contributed by atoms with Gasteiger partial charge in [0.25, 0.3) is 0 Å². The molecule has 32 heavy (non-hydrogen) atoms. The average Bonchev–Trinajstić information content (AvgIpc) is 3.27. The highest BCUT2D eigenvalue weighted by Gasteiger charge is 2.37. The van der Waals surface area contributed by atoms with Crippen molar-refractivity contribution in [2.24, 2.45) is 22.2 Å². The van der Waals surface area contributed by atoms with Gasteiger partial charge in [-0.25, -0.2) is 4.79 Å². The molecule has 1 aromatic carbocycles. The van der Waals surface area contributed by atoms with Crippen LogP contribution in [0.5, 0.6) is 0 Å². The van der Waals surface area contributed by atoms with Crippen LogP contribution in [-0.2, 0) is 20.8 Å². The van der Waals surface area contributed by atoms with Gasteiger partial charge in [0, 0.05) is 19.5 Å². The third-order valence-corrected chi connectivity index (χ3v) is 5.01. The van der Waals surface area contributed by atoms with Gasteiger partial charge in [0.15, 0.2) is 5.96 Å². The zero-order valence-electron chi connectivity index (χ0n) is 18.2. The third-order valence-electron chi connectivity index (χ3n) is 5.01. The van der Waals surface area contributed by atoms with Gasteiger partial charge in [0.05, 0.1) is 6.04 Å². The first-order valence-electron chi connectivity index (χ1n) is 10.4. The van der Waals surface area contributed by atoms with Crippen LogP contribution < -0.4 is 22.5 Å². The Hall–Kier alpha value is -2.85. The molecule has 8 N–H and O–H groups in total. The molecular formula is C21H33ClN6O4. The van der Waals surface area contributed by atoms with Crippen LogP contribution in [-0.4, -0.2) is 71.3 Å². The summed E-state index contributed by atoms with van der Waals surface area (Å²) >= 11 is 4.64. The van der Waals surface area contributed by atoms with Gasteiger partial charge in [0.1, 0.15) is 12.1 Å². The highest BCUT2D eigenvalue weighted by atomic mass is 35.5. The van der Waals surface area contributed by atoms with Crippen molar-refractivity contribution in [2.75, 3.05) is 19.5 Å². The molecule has 0 aromatic heterocycles. The molecule has 1 aliphatic rings. The number of amides is 2. The number of benzene rings is 1. The number of hydrogen-bond donors (Lipinski definition) is 5. The third kappa shape index (κ3) is 8.72. The van der Waals surface area contributed by atoms with Gasteiger partial charge < -0.3 is 32.5 Å². The van der Waals surface area contributed by atoms with Gasteiger partial charge in [-0.15, -0.1) is 11.6 Å². The number of likely N-dealkylation sites (tertiary alicyclic amines) is 1. The molecule has 1 aromatic rings. The summed E-state index contributed by atoms with van der Waals surface area (Å²) in [5.41, 5.74) is 17.5. The Morgan fingerprint density at radius 3 is 2.50 bits per heavy atom. The predicted octanol–water partition coefficient (Wildman–Crippen LogP) is 0.0254. The van der Waals surface area contributed by atoms with Crippen molar-refractivity contribution >= 4 is 35.3 Å². The number of rotatable bonds is 10. The Kier molecular flexibility index (Phi) is 12.1. The lowest BCUT2D eigenvalue weighted by molar-refractivity contribution is -0.144. The Bertz CT molecular complexity index is 773. The summed E-state index contributed by atoms with van der Waals surface area (Å²) in [6.45, 7) is 0.687. The first kappa shape index (κ1) is 27.2. The van der Waals surface area contributed by atoms with Crippen LogP contribution in [0.2, 0.25) is 0 Å². The molecule has 3 atom stereocenters. The van der Waals surface area contributed by atoms with Crippen molar-refractivity contribution in [3.8, 4) is 0 Å². The van der Waals surface area contributed by atoms with Crippen LogP contribution in [0.15, 0.2) is 35.3 Å². The summed E-state index contributed by atoms with van der Waals surface area (Å²) < 4.78 is 0. The molecule has 2 rings (SSSR count). The van der Waals surface area contributed by atoms with E-state index in [1.807, 2.05) is 30.3 Å². The maximum atomic E-state index is 12.8. The van der Waals surface area contributed by atoms with Crippen molar-refractivity contribution in [3.63, 3.8) is 0 Å². The molecule has 1 aliphatic heterocycles. The molecule has 1 heterocycles. The fourth-order valence-corrected chi connectivity index (χ4v) is 3.50. The highest BCUT2D eigenvalue weighted by Crippen LogP contribution is 2.19. The lowest BCUT2D eigenvalue weighted by Gasteiger charge is -2.27. The van der Waals surface area contributed by atoms with E-state index in [9.17, 15) is 19.5 Å². The number of hydrogen-bond acceptors (Lipinski definition) is 5. The summed E-state index contributed by atoms with van der Waals surface area (Å²) in [7, 11) is 0. The van der Waals surface area contributed by atoms with E-state index in [1.54, 1.807) is 0 Å². The number of carboxylic acid groups (broad SMARTS) is 1. The molecule has 0 bridgehead atoms. The molecule has 1 fully saturated rings. The molecule has 0 aliphatic carbocycles. The molecular weight excluding hydrogens is 436 g/mol. The van der Waals surface area contributed by atoms with E-state index < -0.39 is 30.0 Å². The number of nitrogens with zero attached hydrogens (tertiary/aromatic N) is 2. The van der Waals surface area contributed by atoms with Crippen LogP contribution in [0.3, 0.4) is 0 Å². The second kappa shape index (κ2) is 14.3. The average molecular weight is 469 g/mol. The lowest BCUT2D eigenvalue weighted by atomic mass is 10.0. The number of aliphatic imine (C=N–C) groups is 1. The fraction of sp³-hybridized carbons (Fsp3) is 0.524. The van der Waals surface area contributed by atoms with Crippen molar-refractivity contribution in [2.45, 2.75) is 50.2 Å². The lowest BCUT2D eigenvalue weighted by Crippen LogP contribution is -2.54. The molecule has 1 saturated heterocycles. The van der Waals surface area contributed by atoms with Crippen LogP contribution in [0, 0.1) is 0 Å². The first-order chi connectivity index (χ1) is 15.3. The zero-order chi connectivity index (χ0) is 24.1. The number of carbonyl (C=O) groups excluding carboxylic acids is 2. The Morgan fingerprint density at radius 2 is 1.91 bits per heavy atom. The molecule has 3 unspecified atom stereocenters. The van der Waals surface area contributed by atoms with Gasteiger partial charge in [-0.3, -0.25) is 14.6 Å². The Morgan fingerprint density at radius 1 is 1.25 bits per heavy atom. The van der Waals surface area contributed by atoms with Gasteiger partial charge in [-0.1, -0.05) is 30.3 Å². The minimum atomic E-state index is -1.15. The van der Waals surface area contributed by atoms with Crippen LogP contribution in [0.4, 0.5) is 0 Å². The Balaban J connectivity index is 0.00000249. The van der Waals surface area contributed by atoms with Crippen molar-refractivity contribution in [3.05, 3.63) is 35.9 Å². The summed E-state index contributed by atoms with van der Waals surface area (Å²) in [6.07, 6.45) is 3.53. The summed E-state index contributed by atoms with van der Waals surface area (Å²) in [4.78, 5) is 42.3. The quantitative estimate of drug-likeness (QED) is 0.139. The van der Waals surface area contributed by atoms with E-state index in [0.717, 1.165) is 5.56 Å². The molecule has 10 nitrogen and oxygen atoms in total. The number of carboxylic acids is 1. The molecule has 11 heteroatoms. The highest BCUT2D eigenvalue weighted by molar-refractivity contribution is 6.15. The second-order valence-electron chi connectivity index (χ2n) is 7.33. The molecule has 0 saturated carbocycles. The minimum absolute atomic E-state index is 0.0714.